The second kappa shape index (κ2) is 5.11. The fraction of sp³-hybridized carbons (Fsp3) is 0.727. The van der Waals surface area contributed by atoms with Gasteiger partial charge in [0, 0.05) is 12.0 Å². The standard InChI is InChI=1S/C22H31NO3/c1-13-5-6-17-20(13,2)8-7-14-11-15-18(24)19(25)16(23(3)4)12-21(15)9-10-22(14,17)26-21/h5,7,11,16-19,24-25H,6,8-10,12H2,1-4H3. The van der Waals surface area contributed by atoms with Crippen LogP contribution in [0.3, 0.4) is 0 Å². The SMILES string of the molecule is CC1=CCC2C1(C)CC=C1C=C3C(O)C(O)C(N(C)C)CC34CCC12O4. The molecule has 0 amide bonds. The highest BCUT2D eigenvalue weighted by Gasteiger charge is 2.66. The number of hydrogen-bond acceptors (Lipinski definition) is 4. The maximum Gasteiger partial charge on any atom is 0.105 e. The van der Waals surface area contributed by atoms with Gasteiger partial charge in [0.15, 0.2) is 0 Å². The molecule has 7 atom stereocenters. The number of rotatable bonds is 1. The van der Waals surface area contributed by atoms with Crippen molar-refractivity contribution in [2.75, 3.05) is 14.1 Å². The number of likely N-dealkylation sites (N-methyl/N-ethyl adjacent to an activating group) is 1. The lowest BCUT2D eigenvalue weighted by Crippen LogP contribution is -2.61. The first-order valence-electron chi connectivity index (χ1n) is 10.1. The van der Waals surface area contributed by atoms with E-state index >= 15 is 0 Å². The van der Waals surface area contributed by atoms with Gasteiger partial charge in [0.05, 0.1) is 17.3 Å². The van der Waals surface area contributed by atoms with E-state index in [1.165, 1.54) is 11.1 Å². The predicted molar refractivity (Wildman–Crippen MR) is 101 cm³/mol. The van der Waals surface area contributed by atoms with Crippen LogP contribution in [0.15, 0.2) is 34.9 Å². The molecule has 4 nitrogen and oxygen atoms in total. The minimum absolute atomic E-state index is 0.0822. The zero-order valence-electron chi connectivity index (χ0n) is 16.3. The third-order valence-corrected chi connectivity index (χ3v) is 8.48. The first-order chi connectivity index (χ1) is 12.2. The third-order valence-electron chi connectivity index (χ3n) is 8.48. The topological polar surface area (TPSA) is 52.9 Å². The van der Waals surface area contributed by atoms with Crippen LogP contribution in [0.25, 0.3) is 0 Å². The molecule has 7 unspecified atom stereocenters. The zero-order chi connectivity index (χ0) is 18.5. The molecular formula is C22H31NO3. The Hall–Kier alpha value is -0.940. The molecule has 2 bridgehead atoms. The van der Waals surface area contributed by atoms with Gasteiger partial charge in [-0.3, -0.25) is 0 Å². The molecule has 142 valence electrons. The van der Waals surface area contributed by atoms with Crippen molar-refractivity contribution in [3.05, 3.63) is 34.9 Å². The molecule has 0 aromatic rings. The first-order valence-corrected chi connectivity index (χ1v) is 10.1. The van der Waals surface area contributed by atoms with Crippen LogP contribution in [-0.4, -0.2) is 58.7 Å². The highest BCUT2D eigenvalue weighted by Crippen LogP contribution is 2.66. The van der Waals surface area contributed by atoms with E-state index in [4.69, 9.17) is 4.74 Å². The lowest BCUT2D eigenvalue weighted by atomic mass is 9.59. The molecule has 5 rings (SSSR count). The highest BCUT2D eigenvalue weighted by molar-refractivity contribution is 5.50. The van der Waals surface area contributed by atoms with E-state index in [1.54, 1.807) is 0 Å². The van der Waals surface area contributed by atoms with E-state index < -0.39 is 17.8 Å². The summed E-state index contributed by atoms with van der Waals surface area (Å²) in [5.41, 5.74) is 3.21. The molecule has 1 saturated heterocycles. The van der Waals surface area contributed by atoms with Crippen LogP contribution in [0.5, 0.6) is 0 Å². The molecule has 2 spiro atoms. The van der Waals surface area contributed by atoms with Gasteiger partial charge in [0.1, 0.15) is 6.10 Å². The third kappa shape index (κ3) is 1.84. The molecule has 3 aliphatic carbocycles. The number of fused-ring (bicyclic) bond motifs is 1. The summed E-state index contributed by atoms with van der Waals surface area (Å²) in [6.07, 6.45) is 10.2. The average Bonchev–Trinajstić information content (AvgIpc) is 3.07. The lowest BCUT2D eigenvalue weighted by molar-refractivity contribution is -0.163. The Balaban J connectivity index is 1.62. The Morgan fingerprint density at radius 3 is 2.69 bits per heavy atom. The van der Waals surface area contributed by atoms with E-state index in [-0.39, 0.29) is 17.1 Å². The van der Waals surface area contributed by atoms with Crippen LogP contribution in [-0.2, 0) is 4.74 Å². The second-order valence-electron chi connectivity index (χ2n) is 9.71. The van der Waals surface area contributed by atoms with Crippen LogP contribution >= 0.6 is 0 Å². The largest absolute Gasteiger partial charge is 0.388 e. The second-order valence-corrected chi connectivity index (χ2v) is 9.71. The van der Waals surface area contributed by atoms with Crippen molar-refractivity contribution < 1.29 is 14.9 Å². The number of nitrogens with zero attached hydrogens (tertiary/aromatic N) is 1. The number of aliphatic hydroxyl groups is 2. The molecular weight excluding hydrogens is 326 g/mol. The predicted octanol–water partition coefficient (Wildman–Crippen LogP) is 2.57. The van der Waals surface area contributed by atoms with Crippen LogP contribution in [0.4, 0.5) is 0 Å². The van der Waals surface area contributed by atoms with Gasteiger partial charge < -0.3 is 19.8 Å². The maximum atomic E-state index is 10.9. The molecule has 0 aromatic carbocycles. The quantitative estimate of drug-likeness (QED) is 0.708. The van der Waals surface area contributed by atoms with Crippen LogP contribution < -0.4 is 0 Å². The van der Waals surface area contributed by atoms with Crippen molar-refractivity contribution in [3.63, 3.8) is 0 Å². The number of aliphatic hydroxyl groups excluding tert-OH is 2. The van der Waals surface area contributed by atoms with Crippen molar-refractivity contribution in [1.82, 2.24) is 4.90 Å². The summed E-state index contributed by atoms with van der Waals surface area (Å²) in [6, 6.07) is -0.0822. The van der Waals surface area contributed by atoms with Crippen molar-refractivity contribution in [2.24, 2.45) is 11.3 Å². The molecule has 2 aliphatic heterocycles. The molecule has 0 aromatic heterocycles. The van der Waals surface area contributed by atoms with Gasteiger partial charge in [-0.2, -0.15) is 0 Å². The van der Waals surface area contributed by atoms with Gasteiger partial charge in [-0.25, -0.2) is 0 Å². The molecule has 26 heavy (non-hydrogen) atoms. The molecule has 1 saturated carbocycles. The van der Waals surface area contributed by atoms with Gasteiger partial charge in [-0.1, -0.05) is 30.7 Å². The van der Waals surface area contributed by atoms with Crippen LogP contribution in [0, 0.1) is 11.3 Å². The minimum atomic E-state index is -0.843. The fourth-order valence-corrected chi connectivity index (χ4v) is 6.69. The van der Waals surface area contributed by atoms with E-state index in [1.807, 2.05) is 19.0 Å². The smallest absolute Gasteiger partial charge is 0.105 e. The zero-order valence-corrected chi connectivity index (χ0v) is 16.3. The summed E-state index contributed by atoms with van der Waals surface area (Å²) in [4.78, 5) is 2.03. The van der Waals surface area contributed by atoms with E-state index in [9.17, 15) is 10.2 Å². The molecule has 2 fully saturated rings. The van der Waals surface area contributed by atoms with E-state index in [0.29, 0.717) is 5.92 Å². The van der Waals surface area contributed by atoms with Gasteiger partial charge in [0.2, 0.25) is 0 Å². The van der Waals surface area contributed by atoms with Crippen molar-refractivity contribution in [1.29, 1.82) is 0 Å². The first kappa shape index (κ1) is 17.2. The van der Waals surface area contributed by atoms with Crippen LogP contribution in [0.2, 0.25) is 0 Å². The Bertz CT molecular complexity index is 752. The number of ether oxygens (including phenoxy) is 1. The monoisotopic (exact) mass is 357 g/mol. The summed E-state index contributed by atoms with van der Waals surface area (Å²) in [7, 11) is 3.96. The fourth-order valence-electron chi connectivity index (χ4n) is 6.69. The molecule has 0 radical (unpaired) electrons. The number of allylic oxidation sites excluding steroid dienone is 3. The summed E-state index contributed by atoms with van der Waals surface area (Å²) >= 11 is 0. The number of hydrogen-bond donors (Lipinski definition) is 2. The van der Waals surface area contributed by atoms with Crippen molar-refractivity contribution >= 4 is 0 Å². The van der Waals surface area contributed by atoms with Gasteiger partial charge >= 0.3 is 0 Å². The Kier molecular flexibility index (Phi) is 3.37. The summed E-state index contributed by atoms with van der Waals surface area (Å²) in [6.45, 7) is 4.67. The Morgan fingerprint density at radius 2 is 1.96 bits per heavy atom. The van der Waals surface area contributed by atoms with Gasteiger partial charge in [-0.05, 0) is 69.7 Å². The lowest BCUT2D eigenvalue weighted by Gasteiger charge is -2.55. The minimum Gasteiger partial charge on any atom is -0.388 e. The maximum absolute atomic E-state index is 10.9. The Labute approximate surface area is 156 Å². The summed E-state index contributed by atoms with van der Waals surface area (Å²) < 4.78 is 7.04. The summed E-state index contributed by atoms with van der Waals surface area (Å²) in [5.74, 6) is 0.481. The summed E-state index contributed by atoms with van der Waals surface area (Å²) in [5, 5.41) is 21.6. The highest BCUT2D eigenvalue weighted by atomic mass is 16.5. The Morgan fingerprint density at radius 1 is 1.19 bits per heavy atom. The van der Waals surface area contributed by atoms with Gasteiger partial charge in [0.25, 0.3) is 0 Å². The normalized spacial score (nSPS) is 52.0. The molecule has 5 aliphatic rings. The van der Waals surface area contributed by atoms with Gasteiger partial charge in [-0.15, -0.1) is 0 Å². The van der Waals surface area contributed by atoms with Crippen LogP contribution in [0.1, 0.15) is 46.0 Å². The molecule has 4 heteroatoms. The van der Waals surface area contributed by atoms with E-state index in [0.717, 1.165) is 37.7 Å². The van der Waals surface area contributed by atoms with Crippen molar-refractivity contribution in [3.8, 4) is 0 Å². The molecule has 2 heterocycles. The molecule has 2 N–H and O–H groups in total. The average molecular weight is 357 g/mol. The van der Waals surface area contributed by atoms with E-state index in [2.05, 4.69) is 32.1 Å². The van der Waals surface area contributed by atoms with Crippen molar-refractivity contribution in [2.45, 2.75) is 75.4 Å².